The number of hydrogen-bond acceptors (Lipinski definition) is 5. The number of nitrogens with one attached hydrogen (secondary N) is 2. The van der Waals surface area contributed by atoms with Crippen LogP contribution in [-0.4, -0.2) is 29.4 Å². The minimum atomic E-state index is -0.419. The van der Waals surface area contributed by atoms with Gasteiger partial charge in [-0.25, -0.2) is 0 Å². The van der Waals surface area contributed by atoms with E-state index in [4.69, 9.17) is 4.74 Å². The van der Waals surface area contributed by atoms with Crippen LogP contribution in [0, 0.1) is 5.92 Å². The second kappa shape index (κ2) is 8.97. The molecule has 1 heterocycles. The number of carbonyl (C=O) groups excluding carboxylic acids is 3. The van der Waals surface area contributed by atoms with Crippen molar-refractivity contribution in [1.82, 2.24) is 5.32 Å². The molecule has 0 bridgehead atoms. The Bertz CT molecular complexity index is 743. The third-order valence-electron chi connectivity index (χ3n) is 5.68. The summed E-state index contributed by atoms with van der Waals surface area (Å²) in [5.74, 6) is 0.369. The van der Waals surface area contributed by atoms with Gasteiger partial charge in [-0.3, -0.25) is 19.7 Å². The molecule has 1 aliphatic heterocycles. The van der Waals surface area contributed by atoms with Crippen LogP contribution in [0.5, 0.6) is 0 Å². The molecule has 3 rings (SSSR count). The molecule has 1 aliphatic carbocycles. The molecule has 2 N–H and O–H groups in total. The van der Waals surface area contributed by atoms with E-state index in [-0.39, 0.29) is 23.8 Å². The molecule has 158 valence electrons. The molecule has 1 aromatic rings. The van der Waals surface area contributed by atoms with Crippen molar-refractivity contribution in [2.75, 3.05) is 5.32 Å². The number of benzene rings is 1. The maximum absolute atomic E-state index is 12.0. The summed E-state index contributed by atoms with van der Waals surface area (Å²) in [7, 11) is 0. The van der Waals surface area contributed by atoms with Crippen LogP contribution in [0.25, 0.3) is 0 Å². The Morgan fingerprint density at radius 3 is 2.31 bits per heavy atom. The molecule has 0 radical (unpaired) electrons. The first kappa shape index (κ1) is 21.3. The van der Waals surface area contributed by atoms with Crippen LogP contribution in [0.2, 0.25) is 0 Å². The van der Waals surface area contributed by atoms with Crippen molar-refractivity contribution in [3.8, 4) is 0 Å². The highest BCUT2D eigenvalue weighted by atomic mass is 16.6. The third-order valence-corrected chi connectivity index (χ3v) is 5.68. The van der Waals surface area contributed by atoms with Gasteiger partial charge in [0.1, 0.15) is 11.6 Å². The number of anilines is 1. The van der Waals surface area contributed by atoms with Crippen molar-refractivity contribution < 1.29 is 19.1 Å². The van der Waals surface area contributed by atoms with Gasteiger partial charge < -0.3 is 10.1 Å². The first-order chi connectivity index (χ1) is 13.7. The van der Waals surface area contributed by atoms with Crippen molar-refractivity contribution >= 4 is 23.5 Å². The summed E-state index contributed by atoms with van der Waals surface area (Å²) in [4.78, 5) is 35.2. The van der Waals surface area contributed by atoms with Crippen molar-refractivity contribution in [2.45, 2.75) is 83.3 Å². The number of ether oxygens (including phenoxy) is 1. The van der Waals surface area contributed by atoms with Crippen molar-refractivity contribution in [3.05, 3.63) is 29.8 Å². The smallest absolute Gasteiger partial charge is 0.306 e. The fourth-order valence-electron chi connectivity index (χ4n) is 4.20. The van der Waals surface area contributed by atoms with E-state index in [2.05, 4.69) is 22.8 Å². The molecule has 1 saturated heterocycles. The van der Waals surface area contributed by atoms with Crippen LogP contribution < -0.4 is 10.6 Å². The van der Waals surface area contributed by atoms with E-state index >= 15 is 0 Å². The van der Waals surface area contributed by atoms with Gasteiger partial charge in [0.15, 0.2) is 0 Å². The fourth-order valence-corrected chi connectivity index (χ4v) is 4.20. The number of piperidine rings is 1. The van der Waals surface area contributed by atoms with Crippen LogP contribution in [-0.2, 0) is 19.1 Å². The number of rotatable bonds is 5. The topological polar surface area (TPSA) is 84.5 Å². The Balaban J connectivity index is 1.47. The van der Waals surface area contributed by atoms with Crippen LogP contribution in [0.3, 0.4) is 0 Å². The molecule has 0 aromatic heterocycles. The second-order valence-corrected chi connectivity index (χ2v) is 9.28. The lowest BCUT2D eigenvalue weighted by molar-refractivity contribution is -0.156. The minimum absolute atomic E-state index is 0.0928. The van der Waals surface area contributed by atoms with Gasteiger partial charge in [0.05, 0.1) is 0 Å². The van der Waals surface area contributed by atoms with Gasteiger partial charge in [-0.05, 0) is 82.4 Å². The summed E-state index contributed by atoms with van der Waals surface area (Å²) >= 11 is 0. The average molecular weight is 401 g/mol. The molecule has 6 nitrogen and oxygen atoms in total. The Labute approximate surface area is 172 Å². The average Bonchev–Trinajstić information content (AvgIpc) is 2.64. The third kappa shape index (κ3) is 6.31. The molecule has 2 fully saturated rings. The van der Waals surface area contributed by atoms with Gasteiger partial charge in [-0.1, -0.05) is 12.1 Å². The molecule has 1 unspecified atom stereocenters. The lowest BCUT2D eigenvalue weighted by Gasteiger charge is -2.29. The summed E-state index contributed by atoms with van der Waals surface area (Å²) in [5, 5.41) is 5.58. The Morgan fingerprint density at radius 2 is 1.72 bits per heavy atom. The van der Waals surface area contributed by atoms with E-state index in [1.165, 1.54) is 5.56 Å². The highest BCUT2D eigenvalue weighted by Crippen LogP contribution is 2.37. The van der Waals surface area contributed by atoms with Gasteiger partial charge in [-0.15, -0.1) is 0 Å². The summed E-state index contributed by atoms with van der Waals surface area (Å²) in [6.45, 7) is 5.71. The zero-order valence-electron chi connectivity index (χ0n) is 17.6. The molecule has 2 aliphatic rings. The molecular formula is C23H32N2O4. The molecular weight excluding hydrogens is 368 g/mol. The molecule has 1 aromatic carbocycles. The molecule has 29 heavy (non-hydrogen) atoms. The summed E-state index contributed by atoms with van der Waals surface area (Å²) in [6, 6.07) is 7.89. The van der Waals surface area contributed by atoms with E-state index < -0.39 is 5.60 Å². The Kier molecular flexibility index (Phi) is 6.60. The van der Waals surface area contributed by atoms with Crippen LogP contribution in [0.4, 0.5) is 5.69 Å². The molecule has 0 spiro atoms. The first-order valence-electron chi connectivity index (χ1n) is 10.6. The van der Waals surface area contributed by atoms with Crippen molar-refractivity contribution in [1.29, 1.82) is 0 Å². The van der Waals surface area contributed by atoms with E-state index in [0.29, 0.717) is 31.1 Å². The minimum Gasteiger partial charge on any atom is -0.460 e. The van der Waals surface area contributed by atoms with Crippen LogP contribution in [0.15, 0.2) is 24.3 Å². The van der Waals surface area contributed by atoms with E-state index in [0.717, 1.165) is 31.4 Å². The summed E-state index contributed by atoms with van der Waals surface area (Å²) in [5.41, 5.74) is 1.77. The first-order valence-corrected chi connectivity index (χ1v) is 10.6. The Hall–Kier alpha value is -2.37. The summed E-state index contributed by atoms with van der Waals surface area (Å²) < 4.78 is 5.45. The van der Waals surface area contributed by atoms with Gasteiger partial charge in [-0.2, -0.15) is 0 Å². The number of carbonyl (C=O) groups is 3. The predicted octanol–water partition coefficient (Wildman–Crippen LogP) is 3.91. The summed E-state index contributed by atoms with van der Waals surface area (Å²) in [6.07, 6.45) is 5.64. The highest BCUT2D eigenvalue weighted by Gasteiger charge is 2.28. The predicted molar refractivity (Wildman–Crippen MR) is 111 cm³/mol. The van der Waals surface area contributed by atoms with Crippen LogP contribution >= 0.6 is 0 Å². The number of hydrogen-bond donors (Lipinski definition) is 2. The second-order valence-electron chi connectivity index (χ2n) is 9.28. The molecule has 2 amide bonds. The lowest BCUT2D eigenvalue weighted by Crippen LogP contribution is -2.47. The Morgan fingerprint density at radius 1 is 1.07 bits per heavy atom. The normalized spacial score (nSPS) is 25.3. The van der Waals surface area contributed by atoms with Crippen molar-refractivity contribution in [2.24, 2.45) is 5.92 Å². The van der Waals surface area contributed by atoms with E-state index in [1.807, 2.05) is 32.9 Å². The van der Waals surface area contributed by atoms with Gasteiger partial charge >= 0.3 is 5.97 Å². The largest absolute Gasteiger partial charge is 0.460 e. The number of imide groups is 1. The van der Waals surface area contributed by atoms with E-state index in [1.54, 1.807) is 0 Å². The monoisotopic (exact) mass is 400 g/mol. The van der Waals surface area contributed by atoms with Gasteiger partial charge in [0.2, 0.25) is 11.8 Å². The number of amides is 2. The van der Waals surface area contributed by atoms with Gasteiger partial charge in [0, 0.05) is 18.5 Å². The quantitative estimate of drug-likeness (QED) is 0.578. The highest BCUT2D eigenvalue weighted by molar-refractivity contribution is 6.01. The number of esters is 1. The zero-order valence-corrected chi connectivity index (χ0v) is 17.6. The standard InChI is InChI=1S/C23H32N2O4/c1-23(2,3)29-21(27)14-15-4-6-16(7-5-15)17-8-10-18(11-9-17)24-19-12-13-20(26)25-22(19)28/h8-11,15-16,19,24H,4-7,12-14H2,1-3H3,(H,25,26,28). The van der Waals surface area contributed by atoms with Crippen LogP contribution in [0.1, 0.15) is 77.2 Å². The maximum atomic E-state index is 12.0. The van der Waals surface area contributed by atoms with Gasteiger partial charge in [0.25, 0.3) is 0 Å². The fraction of sp³-hybridized carbons (Fsp3) is 0.609. The molecule has 6 heteroatoms. The maximum Gasteiger partial charge on any atom is 0.306 e. The van der Waals surface area contributed by atoms with E-state index in [9.17, 15) is 14.4 Å². The molecule has 1 saturated carbocycles. The lowest BCUT2D eigenvalue weighted by atomic mass is 9.77. The van der Waals surface area contributed by atoms with Crippen molar-refractivity contribution in [3.63, 3.8) is 0 Å². The zero-order chi connectivity index (χ0) is 21.0. The SMILES string of the molecule is CC(C)(C)OC(=O)CC1CCC(c2ccc(NC3CCC(=O)NC3=O)cc2)CC1. The molecule has 1 atom stereocenters.